The Morgan fingerprint density at radius 3 is 2.76 bits per heavy atom. The molecule has 1 N–H and O–H groups in total. The molecule has 0 aliphatic rings. The molecule has 1 heterocycles. The molecule has 0 fully saturated rings. The first-order chi connectivity index (χ1) is 10.1. The van der Waals surface area contributed by atoms with Crippen LogP contribution < -0.4 is 10.1 Å². The lowest BCUT2D eigenvalue weighted by atomic mass is 10.2. The fourth-order valence-corrected chi connectivity index (χ4v) is 1.83. The molecule has 0 atom stereocenters. The Morgan fingerprint density at radius 2 is 2.05 bits per heavy atom. The van der Waals surface area contributed by atoms with Gasteiger partial charge in [-0.3, -0.25) is 0 Å². The minimum absolute atomic E-state index is 0.0152. The van der Waals surface area contributed by atoms with Gasteiger partial charge in [0.1, 0.15) is 5.75 Å². The maximum Gasteiger partial charge on any atom is 0.376 e. The Hall–Kier alpha value is -2.47. The summed E-state index contributed by atoms with van der Waals surface area (Å²) in [6.07, 6.45) is 0. The van der Waals surface area contributed by atoms with Crippen molar-refractivity contribution >= 4 is 5.97 Å². The first-order valence-electron chi connectivity index (χ1n) is 6.48. The molecule has 0 spiro atoms. The van der Waals surface area contributed by atoms with E-state index in [4.69, 9.17) is 4.74 Å². The van der Waals surface area contributed by atoms with Crippen molar-refractivity contribution in [2.24, 2.45) is 0 Å². The number of carbonyl (C=O) groups excluding carboxylic acids is 1. The van der Waals surface area contributed by atoms with Gasteiger partial charge in [0.2, 0.25) is 11.7 Å². The summed E-state index contributed by atoms with van der Waals surface area (Å²) in [5.41, 5.74) is 1.63. The number of nitrogens with zero attached hydrogens (tertiary/aromatic N) is 2. The summed E-state index contributed by atoms with van der Waals surface area (Å²) in [5.74, 6) is 0.387. The van der Waals surface area contributed by atoms with Crippen molar-refractivity contribution in [2.45, 2.75) is 13.5 Å². The summed E-state index contributed by atoms with van der Waals surface area (Å²) >= 11 is 0. The van der Waals surface area contributed by atoms with E-state index in [1.54, 1.807) is 13.0 Å². The van der Waals surface area contributed by atoms with Crippen molar-refractivity contribution in [3.8, 4) is 11.6 Å². The molecule has 0 amide bonds. The number of aromatic nitrogens is 2. The lowest BCUT2D eigenvalue weighted by Gasteiger charge is -2.11. The van der Waals surface area contributed by atoms with Crippen LogP contribution in [0.15, 0.2) is 30.3 Å². The highest BCUT2D eigenvalue weighted by Crippen LogP contribution is 2.24. The average Bonchev–Trinajstić information content (AvgIpc) is 2.48. The molecule has 0 saturated carbocycles. The molecule has 1 aromatic carbocycles. The third kappa shape index (κ3) is 3.76. The summed E-state index contributed by atoms with van der Waals surface area (Å²) < 4.78 is 10.4. The molecule has 2 rings (SSSR count). The van der Waals surface area contributed by atoms with Crippen molar-refractivity contribution in [1.29, 1.82) is 0 Å². The van der Waals surface area contributed by atoms with Gasteiger partial charge in [-0.25, -0.2) is 9.78 Å². The standard InChI is InChI=1S/C15H17N3O3/c1-10-8-13(18-14(17-10)15(19)20-3)21-12-7-5-4-6-11(12)9-16-2/h4-8,16H,9H2,1-3H3. The van der Waals surface area contributed by atoms with E-state index in [0.717, 1.165) is 5.56 Å². The van der Waals surface area contributed by atoms with Crippen LogP contribution in [0.3, 0.4) is 0 Å². The van der Waals surface area contributed by atoms with Crippen LogP contribution in [0.5, 0.6) is 11.6 Å². The normalized spacial score (nSPS) is 10.2. The molecule has 1 aromatic heterocycles. The second-order valence-corrected chi connectivity index (χ2v) is 4.40. The van der Waals surface area contributed by atoms with Crippen molar-refractivity contribution in [1.82, 2.24) is 15.3 Å². The van der Waals surface area contributed by atoms with E-state index < -0.39 is 5.97 Å². The number of benzene rings is 1. The summed E-state index contributed by atoms with van der Waals surface area (Å²) in [5, 5.41) is 3.07. The quantitative estimate of drug-likeness (QED) is 0.849. The number of ether oxygens (including phenoxy) is 2. The van der Waals surface area contributed by atoms with Crippen molar-refractivity contribution in [2.75, 3.05) is 14.2 Å². The van der Waals surface area contributed by atoms with Crippen LogP contribution in [-0.4, -0.2) is 30.1 Å². The number of nitrogens with one attached hydrogen (secondary N) is 1. The second kappa shape index (κ2) is 6.81. The molecular formula is C15H17N3O3. The molecule has 0 bridgehead atoms. The number of para-hydroxylation sites is 1. The Bertz CT molecular complexity index is 644. The van der Waals surface area contributed by atoms with Gasteiger partial charge in [0.05, 0.1) is 7.11 Å². The molecular weight excluding hydrogens is 270 g/mol. The van der Waals surface area contributed by atoms with Crippen LogP contribution in [-0.2, 0) is 11.3 Å². The summed E-state index contributed by atoms with van der Waals surface area (Å²) in [6, 6.07) is 9.29. The number of rotatable bonds is 5. The van der Waals surface area contributed by atoms with Gasteiger partial charge in [-0.05, 0) is 20.0 Å². The zero-order chi connectivity index (χ0) is 15.2. The van der Waals surface area contributed by atoms with E-state index in [1.165, 1.54) is 7.11 Å². The summed E-state index contributed by atoms with van der Waals surface area (Å²) in [6.45, 7) is 2.44. The van der Waals surface area contributed by atoms with E-state index in [0.29, 0.717) is 23.9 Å². The average molecular weight is 287 g/mol. The highest BCUT2D eigenvalue weighted by molar-refractivity contribution is 5.85. The third-order valence-corrected chi connectivity index (χ3v) is 2.75. The van der Waals surface area contributed by atoms with Crippen LogP contribution >= 0.6 is 0 Å². The first kappa shape index (κ1) is 14.9. The highest BCUT2D eigenvalue weighted by atomic mass is 16.5. The molecule has 6 nitrogen and oxygen atoms in total. The first-order valence-corrected chi connectivity index (χ1v) is 6.48. The Balaban J connectivity index is 2.31. The summed E-state index contributed by atoms with van der Waals surface area (Å²) in [7, 11) is 3.15. The molecule has 0 aliphatic heterocycles. The Kier molecular flexibility index (Phi) is 4.84. The predicted molar refractivity (Wildman–Crippen MR) is 77.4 cm³/mol. The third-order valence-electron chi connectivity index (χ3n) is 2.75. The molecule has 6 heteroatoms. The topological polar surface area (TPSA) is 73.3 Å². The van der Waals surface area contributed by atoms with Crippen LogP contribution in [0, 0.1) is 6.92 Å². The lowest BCUT2D eigenvalue weighted by molar-refractivity contribution is 0.0585. The molecule has 0 aliphatic carbocycles. The fraction of sp³-hybridized carbons (Fsp3) is 0.267. The number of hydrogen-bond donors (Lipinski definition) is 1. The van der Waals surface area contributed by atoms with E-state index >= 15 is 0 Å². The van der Waals surface area contributed by atoms with Gasteiger partial charge in [0, 0.05) is 23.9 Å². The zero-order valence-corrected chi connectivity index (χ0v) is 12.2. The van der Waals surface area contributed by atoms with E-state index in [9.17, 15) is 4.79 Å². The lowest BCUT2D eigenvalue weighted by Crippen LogP contribution is -2.10. The van der Waals surface area contributed by atoms with E-state index in [2.05, 4.69) is 20.0 Å². The van der Waals surface area contributed by atoms with Crippen LogP contribution in [0.1, 0.15) is 21.9 Å². The molecule has 0 radical (unpaired) electrons. The molecule has 21 heavy (non-hydrogen) atoms. The molecule has 110 valence electrons. The van der Waals surface area contributed by atoms with Crippen LogP contribution in [0.2, 0.25) is 0 Å². The summed E-state index contributed by atoms with van der Waals surface area (Å²) in [4.78, 5) is 19.6. The maximum atomic E-state index is 11.5. The monoisotopic (exact) mass is 287 g/mol. The van der Waals surface area contributed by atoms with Crippen molar-refractivity contribution in [3.05, 3.63) is 47.4 Å². The van der Waals surface area contributed by atoms with Gasteiger partial charge < -0.3 is 14.8 Å². The number of aryl methyl sites for hydroxylation is 1. The molecule has 0 saturated heterocycles. The maximum absolute atomic E-state index is 11.5. The zero-order valence-electron chi connectivity index (χ0n) is 12.2. The second-order valence-electron chi connectivity index (χ2n) is 4.40. The fourth-order valence-electron chi connectivity index (χ4n) is 1.83. The van der Waals surface area contributed by atoms with E-state index in [-0.39, 0.29) is 5.82 Å². The number of hydrogen-bond acceptors (Lipinski definition) is 6. The number of carbonyl (C=O) groups is 1. The van der Waals surface area contributed by atoms with Crippen LogP contribution in [0.4, 0.5) is 0 Å². The SMILES string of the molecule is CNCc1ccccc1Oc1cc(C)nc(C(=O)OC)n1. The minimum atomic E-state index is -0.591. The van der Waals surface area contributed by atoms with Crippen molar-refractivity contribution < 1.29 is 14.3 Å². The molecule has 0 unspecified atom stereocenters. The number of methoxy groups -OCH3 is 1. The van der Waals surface area contributed by atoms with Gasteiger partial charge in [0.25, 0.3) is 0 Å². The van der Waals surface area contributed by atoms with E-state index in [1.807, 2.05) is 31.3 Å². The van der Waals surface area contributed by atoms with Gasteiger partial charge in [0.15, 0.2) is 0 Å². The Labute approximate surface area is 123 Å². The van der Waals surface area contributed by atoms with Crippen molar-refractivity contribution in [3.63, 3.8) is 0 Å². The number of esters is 1. The van der Waals surface area contributed by atoms with Gasteiger partial charge >= 0.3 is 5.97 Å². The van der Waals surface area contributed by atoms with Gasteiger partial charge in [-0.15, -0.1) is 0 Å². The Morgan fingerprint density at radius 1 is 1.29 bits per heavy atom. The predicted octanol–water partition coefficient (Wildman–Crippen LogP) is 2.08. The smallest absolute Gasteiger partial charge is 0.376 e. The molecule has 2 aromatic rings. The van der Waals surface area contributed by atoms with Gasteiger partial charge in [-0.2, -0.15) is 4.98 Å². The van der Waals surface area contributed by atoms with Gasteiger partial charge in [-0.1, -0.05) is 18.2 Å². The highest BCUT2D eigenvalue weighted by Gasteiger charge is 2.13. The van der Waals surface area contributed by atoms with Crippen LogP contribution in [0.25, 0.3) is 0 Å². The minimum Gasteiger partial charge on any atom is -0.463 e. The largest absolute Gasteiger partial charge is 0.463 e.